The molecule has 1 fully saturated rings. The van der Waals surface area contributed by atoms with Gasteiger partial charge < -0.3 is 9.47 Å². The molecule has 0 atom stereocenters. The lowest BCUT2D eigenvalue weighted by Crippen LogP contribution is -2.28. The summed E-state index contributed by atoms with van der Waals surface area (Å²) in [5.74, 6) is 2.03. The Hall–Kier alpha value is -2.91. The van der Waals surface area contributed by atoms with Gasteiger partial charge in [-0.1, -0.05) is 5.92 Å². The Morgan fingerprint density at radius 2 is 1.79 bits per heavy atom. The third kappa shape index (κ3) is 3.96. The molecule has 5 nitrogen and oxygen atoms in total. The lowest BCUT2D eigenvalue weighted by atomic mass is 10.2. The lowest BCUT2D eigenvalue weighted by Gasteiger charge is -2.21. The van der Waals surface area contributed by atoms with Crippen molar-refractivity contribution in [3.8, 4) is 18.0 Å². The lowest BCUT2D eigenvalue weighted by molar-refractivity contribution is -0.122. The Morgan fingerprint density at radius 3 is 2.38 bits per heavy atom. The van der Waals surface area contributed by atoms with Crippen LogP contribution in [-0.4, -0.2) is 40.2 Å². The molecule has 0 spiro atoms. The number of rotatable bonds is 6. The molecule has 0 bridgehead atoms. The van der Waals surface area contributed by atoms with Gasteiger partial charge in [0.25, 0.3) is 11.1 Å². The van der Waals surface area contributed by atoms with E-state index >= 15 is 0 Å². The van der Waals surface area contributed by atoms with E-state index in [4.69, 9.17) is 6.42 Å². The maximum absolute atomic E-state index is 12.5. The zero-order valence-corrected chi connectivity index (χ0v) is 18.0. The summed E-state index contributed by atoms with van der Waals surface area (Å²) in [4.78, 5) is 28.3. The fraction of sp³-hybridized carbons (Fsp3) is 0.304. The summed E-state index contributed by atoms with van der Waals surface area (Å²) in [7, 11) is 0. The van der Waals surface area contributed by atoms with Crippen LogP contribution in [0, 0.1) is 26.2 Å². The molecule has 1 aromatic heterocycles. The molecule has 29 heavy (non-hydrogen) atoms. The van der Waals surface area contributed by atoms with Gasteiger partial charge in [0.1, 0.15) is 0 Å². The fourth-order valence-electron chi connectivity index (χ4n) is 3.60. The number of carbonyl (C=O) groups is 2. The first-order chi connectivity index (χ1) is 13.9. The molecule has 1 aromatic carbocycles. The zero-order chi connectivity index (χ0) is 21.1. The molecule has 0 radical (unpaired) electrons. The summed E-state index contributed by atoms with van der Waals surface area (Å²) in [6.07, 6.45) is 7.04. The minimum absolute atomic E-state index is 0.0000844. The highest BCUT2D eigenvalue weighted by Crippen LogP contribution is 2.33. The van der Waals surface area contributed by atoms with E-state index in [0.29, 0.717) is 4.91 Å². The van der Waals surface area contributed by atoms with Crippen molar-refractivity contribution in [3.63, 3.8) is 0 Å². The van der Waals surface area contributed by atoms with Gasteiger partial charge in [0.2, 0.25) is 0 Å². The van der Waals surface area contributed by atoms with Crippen molar-refractivity contribution in [1.82, 2.24) is 9.47 Å². The largest absolute Gasteiger partial charge is 0.372 e. The number of benzene rings is 1. The quantitative estimate of drug-likeness (QED) is 0.518. The van der Waals surface area contributed by atoms with Crippen LogP contribution >= 0.6 is 11.8 Å². The van der Waals surface area contributed by atoms with Gasteiger partial charge in [0.05, 0.1) is 11.4 Å². The van der Waals surface area contributed by atoms with E-state index in [1.54, 1.807) is 6.08 Å². The number of aryl methyl sites for hydroxylation is 1. The number of hydrogen-bond donors (Lipinski definition) is 0. The van der Waals surface area contributed by atoms with Crippen molar-refractivity contribution in [2.75, 3.05) is 24.5 Å². The minimum Gasteiger partial charge on any atom is -0.372 e. The SMILES string of the molecule is C#CCN1C(=O)SC(=Cc2cc(C)n(-c3ccc(N(CC)CC)cc3)c2C)C1=O. The number of hydrogen-bond acceptors (Lipinski definition) is 4. The van der Waals surface area contributed by atoms with Crippen molar-refractivity contribution in [3.05, 3.63) is 52.2 Å². The predicted molar refractivity (Wildman–Crippen MR) is 120 cm³/mol. The van der Waals surface area contributed by atoms with E-state index in [1.807, 2.05) is 19.9 Å². The van der Waals surface area contributed by atoms with Crippen LogP contribution in [0.3, 0.4) is 0 Å². The van der Waals surface area contributed by atoms with Gasteiger partial charge in [-0.05, 0) is 81.4 Å². The summed E-state index contributed by atoms with van der Waals surface area (Å²) >= 11 is 0.935. The number of carbonyl (C=O) groups excluding carboxylic acids is 2. The van der Waals surface area contributed by atoms with Crippen molar-refractivity contribution in [2.24, 2.45) is 0 Å². The summed E-state index contributed by atoms with van der Waals surface area (Å²) < 4.78 is 2.16. The van der Waals surface area contributed by atoms with Crippen LogP contribution in [0.5, 0.6) is 0 Å². The summed E-state index contributed by atoms with van der Waals surface area (Å²) in [6, 6.07) is 10.5. The number of amides is 2. The van der Waals surface area contributed by atoms with Gasteiger partial charge in [0, 0.05) is 35.9 Å². The summed E-state index contributed by atoms with van der Waals surface area (Å²) in [5.41, 5.74) is 5.26. The highest BCUT2D eigenvalue weighted by Gasteiger charge is 2.34. The second-order valence-electron chi connectivity index (χ2n) is 6.82. The molecule has 0 N–H and O–H groups in total. The second-order valence-corrected chi connectivity index (χ2v) is 7.82. The third-order valence-electron chi connectivity index (χ3n) is 5.12. The molecule has 0 aliphatic carbocycles. The Labute approximate surface area is 176 Å². The molecule has 0 unspecified atom stereocenters. The number of nitrogens with zero attached hydrogens (tertiary/aromatic N) is 3. The molecule has 1 aliphatic rings. The van der Waals surface area contributed by atoms with Crippen LogP contribution in [0.25, 0.3) is 11.8 Å². The maximum Gasteiger partial charge on any atom is 0.294 e. The van der Waals surface area contributed by atoms with Gasteiger partial charge in [-0.3, -0.25) is 14.5 Å². The van der Waals surface area contributed by atoms with Crippen molar-refractivity contribution in [2.45, 2.75) is 27.7 Å². The zero-order valence-electron chi connectivity index (χ0n) is 17.2. The Kier molecular flexibility index (Phi) is 6.19. The normalized spacial score (nSPS) is 15.3. The van der Waals surface area contributed by atoms with E-state index in [9.17, 15) is 9.59 Å². The fourth-order valence-corrected chi connectivity index (χ4v) is 4.43. The average Bonchev–Trinajstić information content (AvgIpc) is 3.13. The third-order valence-corrected chi connectivity index (χ3v) is 6.02. The first kappa shape index (κ1) is 20.8. The Balaban J connectivity index is 1.93. The summed E-state index contributed by atoms with van der Waals surface area (Å²) in [5, 5.41) is -0.319. The minimum atomic E-state index is -0.327. The number of imide groups is 1. The van der Waals surface area contributed by atoms with Crippen LogP contribution in [0.15, 0.2) is 35.2 Å². The number of aromatic nitrogens is 1. The molecule has 150 valence electrons. The van der Waals surface area contributed by atoms with E-state index < -0.39 is 0 Å². The first-order valence-electron chi connectivity index (χ1n) is 9.64. The highest BCUT2D eigenvalue weighted by atomic mass is 32.2. The summed E-state index contributed by atoms with van der Waals surface area (Å²) in [6.45, 7) is 10.3. The monoisotopic (exact) mass is 407 g/mol. The molecule has 1 aliphatic heterocycles. The maximum atomic E-state index is 12.5. The number of terminal acetylenes is 1. The van der Waals surface area contributed by atoms with E-state index in [0.717, 1.165) is 52.4 Å². The molecule has 0 saturated carbocycles. The standard InChI is InChI=1S/C23H25N3O2S/c1-6-13-25-22(27)21(29-23(25)28)15-18-14-16(4)26(17(18)5)20-11-9-19(10-12-20)24(7-2)8-3/h1,9-12,14-15H,7-8,13H2,2-5H3. The Morgan fingerprint density at radius 1 is 1.14 bits per heavy atom. The van der Waals surface area contributed by atoms with Crippen LogP contribution in [0.2, 0.25) is 0 Å². The smallest absolute Gasteiger partial charge is 0.294 e. The van der Waals surface area contributed by atoms with Crippen LogP contribution in [0.1, 0.15) is 30.8 Å². The molecular formula is C23H25N3O2S. The molecule has 2 aromatic rings. The average molecular weight is 408 g/mol. The van der Waals surface area contributed by atoms with Gasteiger partial charge in [-0.25, -0.2) is 0 Å². The van der Waals surface area contributed by atoms with Gasteiger partial charge in [-0.2, -0.15) is 0 Å². The molecule has 1 saturated heterocycles. The van der Waals surface area contributed by atoms with Crippen LogP contribution < -0.4 is 4.90 Å². The molecule has 2 amide bonds. The van der Waals surface area contributed by atoms with E-state index in [2.05, 4.69) is 53.5 Å². The molecule has 6 heteroatoms. The molecular weight excluding hydrogens is 382 g/mol. The number of thioether (sulfide) groups is 1. The van der Waals surface area contributed by atoms with Crippen LogP contribution in [0.4, 0.5) is 10.5 Å². The van der Waals surface area contributed by atoms with E-state index in [1.165, 1.54) is 5.69 Å². The van der Waals surface area contributed by atoms with E-state index in [-0.39, 0.29) is 17.7 Å². The molecule has 2 heterocycles. The molecule has 3 rings (SSSR count). The van der Waals surface area contributed by atoms with Gasteiger partial charge in [-0.15, -0.1) is 6.42 Å². The second kappa shape index (κ2) is 8.62. The van der Waals surface area contributed by atoms with Gasteiger partial charge in [0.15, 0.2) is 0 Å². The predicted octanol–water partition coefficient (Wildman–Crippen LogP) is 4.61. The van der Waals surface area contributed by atoms with Gasteiger partial charge >= 0.3 is 0 Å². The number of anilines is 1. The van der Waals surface area contributed by atoms with Crippen molar-refractivity contribution in [1.29, 1.82) is 0 Å². The Bertz CT molecular complexity index is 1010. The van der Waals surface area contributed by atoms with Crippen molar-refractivity contribution >= 4 is 34.7 Å². The first-order valence-corrected chi connectivity index (χ1v) is 10.5. The highest BCUT2D eigenvalue weighted by molar-refractivity contribution is 8.18. The topological polar surface area (TPSA) is 45.6 Å². The van der Waals surface area contributed by atoms with Crippen molar-refractivity contribution < 1.29 is 9.59 Å². The van der Waals surface area contributed by atoms with Crippen LogP contribution in [-0.2, 0) is 4.79 Å².